The van der Waals surface area contributed by atoms with E-state index in [0.29, 0.717) is 19.8 Å². The van der Waals surface area contributed by atoms with Gasteiger partial charge in [0.15, 0.2) is 0 Å². The van der Waals surface area contributed by atoms with Crippen LogP contribution >= 0.6 is 0 Å². The summed E-state index contributed by atoms with van der Waals surface area (Å²) in [5.41, 5.74) is 1.18. The molecule has 1 aromatic carbocycles. The van der Waals surface area contributed by atoms with Crippen LogP contribution in [0.2, 0.25) is 0 Å². The van der Waals surface area contributed by atoms with Crippen molar-refractivity contribution in [3.05, 3.63) is 29.8 Å². The molecule has 108 valence electrons. The number of rotatable bonds is 10. The number of hydrogen-bond donors (Lipinski definition) is 1. The van der Waals surface area contributed by atoms with Crippen LogP contribution in [0.5, 0.6) is 5.75 Å². The Hall–Kier alpha value is -1.10. The molecule has 0 amide bonds. The summed E-state index contributed by atoms with van der Waals surface area (Å²) in [5, 5.41) is 9.41. The number of hydrogen-bond acceptors (Lipinski definition) is 4. The normalized spacial score (nSPS) is 12.4. The van der Waals surface area contributed by atoms with Crippen LogP contribution < -0.4 is 4.74 Å². The Kier molecular flexibility index (Phi) is 8.21. The zero-order valence-corrected chi connectivity index (χ0v) is 11.8. The quantitative estimate of drug-likeness (QED) is 0.658. The summed E-state index contributed by atoms with van der Waals surface area (Å²) in [5.74, 6) is 1.07. The molecule has 1 unspecified atom stereocenters. The fraction of sp³-hybridized carbons (Fsp3) is 0.600. The third-order valence-electron chi connectivity index (χ3n) is 3.02. The summed E-state index contributed by atoms with van der Waals surface area (Å²) < 4.78 is 15.5. The zero-order chi connectivity index (χ0) is 13.9. The molecular formula is C15H24O4. The van der Waals surface area contributed by atoms with Gasteiger partial charge in [-0.3, -0.25) is 0 Å². The maximum atomic E-state index is 9.41. The molecule has 0 heterocycles. The van der Waals surface area contributed by atoms with E-state index in [1.165, 1.54) is 5.56 Å². The number of aliphatic hydroxyl groups is 1. The topological polar surface area (TPSA) is 47.9 Å². The minimum atomic E-state index is 0.171. The number of benzene rings is 1. The van der Waals surface area contributed by atoms with Crippen molar-refractivity contribution in [3.8, 4) is 5.75 Å². The molecule has 4 heteroatoms. The summed E-state index contributed by atoms with van der Waals surface area (Å²) in [6, 6.07) is 7.95. The van der Waals surface area contributed by atoms with Gasteiger partial charge in [-0.15, -0.1) is 0 Å². The Labute approximate surface area is 115 Å². The van der Waals surface area contributed by atoms with Crippen molar-refractivity contribution >= 4 is 0 Å². The monoisotopic (exact) mass is 268 g/mol. The van der Waals surface area contributed by atoms with Crippen molar-refractivity contribution in [2.45, 2.75) is 12.8 Å². The Morgan fingerprint density at radius 1 is 1.16 bits per heavy atom. The van der Waals surface area contributed by atoms with Crippen LogP contribution in [0.25, 0.3) is 0 Å². The van der Waals surface area contributed by atoms with Gasteiger partial charge in [0.2, 0.25) is 0 Å². The molecule has 0 aliphatic heterocycles. The Morgan fingerprint density at radius 3 is 2.68 bits per heavy atom. The minimum Gasteiger partial charge on any atom is -0.497 e. The second-order valence-corrected chi connectivity index (χ2v) is 4.50. The molecule has 0 radical (unpaired) electrons. The molecule has 0 aromatic heterocycles. The highest BCUT2D eigenvalue weighted by atomic mass is 16.5. The lowest BCUT2D eigenvalue weighted by Crippen LogP contribution is -2.14. The molecule has 0 aliphatic carbocycles. The van der Waals surface area contributed by atoms with Gasteiger partial charge < -0.3 is 19.3 Å². The highest BCUT2D eigenvalue weighted by molar-refractivity contribution is 5.28. The standard InChI is InChI=1S/C15H24O4/c1-17-8-9-19-7-6-14(12-16)10-13-4-3-5-15(11-13)18-2/h3-5,11,14,16H,6-10,12H2,1-2H3. The molecule has 1 atom stereocenters. The van der Waals surface area contributed by atoms with E-state index in [2.05, 4.69) is 6.07 Å². The van der Waals surface area contributed by atoms with Gasteiger partial charge in [-0.05, 0) is 36.5 Å². The van der Waals surface area contributed by atoms with E-state index in [4.69, 9.17) is 14.2 Å². The van der Waals surface area contributed by atoms with E-state index >= 15 is 0 Å². The smallest absolute Gasteiger partial charge is 0.119 e. The summed E-state index contributed by atoms with van der Waals surface area (Å²) >= 11 is 0. The Balaban J connectivity index is 2.34. The maximum Gasteiger partial charge on any atom is 0.119 e. The summed E-state index contributed by atoms with van der Waals surface area (Å²) in [6.45, 7) is 2.04. The second kappa shape index (κ2) is 9.78. The van der Waals surface area contributed by atoms with Crippen molar-refractivity contribution in [1.82, 2.24) is 0 Å². The van der Waals surface area contributed by atoms with Gasteiger partial charge in [0.25, 0.3) is 0 Å². The molecule has 0 bridgehead atoms. The highest BCUT2D eigenvalue weighted by Crippen LogP contribution is 2.17. The fourth-order valence-electron chi connectivity index (χ4n) is 1.88. The van der Waals surface area contributed by atoms with Gasteiger partial charge in [0.05, 0.1) is 20.3 Å². The third kappa shape index (κ3) is 6.57. The predicted molar refractivity (Wildman–Crippen MR) is 74.6 cm³/mol. The van der Waals surface area contributed by atoms with E-state index in [0.717, 1.165) is 18.6 Å². The number of methoxy groups -OCH3 is 2. The molecule has 0 spiro atoms. The van der Waals surface area contributed by atoms with Crippen molar-refractivity contribution in [2.24, 2.45) is 5.92 Å². The minimum absolute atomic E-state index is 0.171. The molecule has 1 aromatic rings. The van der Waals surface area contributed by atoms with E-state index < -0.39 is 0 Å². The molecule has 0 fully saturated rings. The Bertz CT molecular complexity index is 341. The number of ether oxygens (including phenoxy) is 3. The van der Waals surface area contributed by atoms with Crippen LogP contribution in [-0.4, -0.2) is 45.8 Å². The zero-order valence-electron chi connectivity index (χ0n) is 11.8. The van der Waals surface area contributed by atoms with Crippen molar-refractivity contribution in [2.75, 3.05) is 40.6 Å². The van der Waals surface area contributed by atoms with Gasteiger partial charge in [-0.1, -0.05) is 12.1 Å². The van der Waals surface area contributed by atoms with Gasteiger partial charge >= 0.3 is 0 Å². The van der Waals surface area contributed by atoms with E-state index in [1.807, 2.05) is 18.2 Å². The van der Waals surface area contributed by atoms with E-state index in [9.17, 15) is 5.11 Å². The lowest BCUT2D eigenvalue weighted by Gasteiger charge is -2.14. The molecule has 19 heavy (non-hydrogen) atoms. The third-order valence-corrected chi connectivity index (χ3v) is 3.02. The summed E-state index contributed by atoms with van der Waals surface area (Å²) in [4.78, 5) is 0. The van der Waals surface area contributed by atoms with Gasteiger partial charge in [0, 0.05) is 20.3 Å². The molecular weight excluding hydrogens is 244 g/mol. The van der Waals surface area contributed by atoms with Crippen molar-refractivity contribution < 1.29 is 19.3 Å². The lowest BCUT2D eigenvalue weighted by molar-refractivity contribution is 0.0588. The van der Waals surface area contributed by atoms with Crippen LogP contribution in [0.4, 0.5) is 0 Å². The molecule has 0 saturated carbocycles. The predicted octanol–water partition coefficient (Wildman–Crippen LogP) is 1.90. The summed E-state index contributed by atoms with van der Waals surface area (Å²) in [6.07, 6.45) is 1.68. The second-order valence-electron chi connectivity index (χ2n) is 4.50. The first-order valence-electron chi connectivity index (χ1n) is 6.60. The largest absolute Gasteiger partial charge is 0.497 e. The van der Waals surface area contributed by atoms with Crippen molar-refractivity contribution in [1.29, 1.82) is 0 Å². The van der Waals surface area contributed by atoms with Gasteiger partial charge in [0.1, 0.15) is 5.75 Å². The molecule has 0 saturated heterocycles. The van der Waals surface area contributed by atoms with Gasteiger partial charge in [-0.2, -0.15) is 0 Å². The van der Waals surface area contributed by atoms with Crippen molar-refractivity contribution in [3.63, 3.8) is 0 Å². The Morgan fingerprint density at radius 2 is 2.00 bits per heavy atom. The van der Waals surface area contributed by atoms with Crippen LogP contribution in [-0.2, 0) is 15.9 Å². The molecule has 0 aliphatic rings. The average Bonchev–Trinajstić information content (AvgIpc) is 2.46. The number of aliphatic hydroxyl groups excluding tert-OH is 1. The van der Waals surface area contributed by atoms with Crippen LogP contribution in [0.1, 0.15) is 12.0 Å². The van der Waals surface area contributed by atoms with Crippen LogP contribution in [0.3, 0.4) is 0 Å². The maximum absolute atomic E-state index is 9.41. The molecule has 4 nitrogen and oxygen atoms in total. The fourth-order valence-corrected chi connectivity index (χ4v) is 1.88. The van der Waals surface area contributed by atoms with Crippen LogP contribution in [0.15, 0.2) is 24.3 Å². The first-order valence-corrected chi connectivity index (χ1v) is 6.60. The first-order chi connectivity index (χ1) is 9.30. The SMILES string of the molecule is COCCOCCC(CO)Cc1cccc(OC)c1. The summed E-state index contributed by atoms with van der Waals surface area (Å²) in [7, 11) is 3.31. The van der Waals surface area contributed by atoms with Gasteiger partial charge in [-0.25, -0.2) is 0 Å². The average molecular weight is 268 g/mol. The lowest BCUT2D eigenvalue weighted by atomic mass is 9.97. The first kappa shape index (κ1) is 16.0. The van der Waals surface area contributed by atoms with E-state index in [1.54, 1.807) is 14.2 Å². The molecule has 1 N–H and O–H groups in total. The highest BCUT2D eigenvalue weighted by Gasteiger charge is 2.09. The van der Waals surface area contributed by atoms with Crippen LogP contribution in [0, 0.1) is 5.92 Å². The molecule has 1 rings (SSSR count). The van der Waals surface area contributed by atoms with E-state index in [-0.39, 0.29) is 12.5 Å².